The molecular weight excluding hydrogens is 306 g/mol. The number of carboxylic acids is 1. The summed E-state index contributed by atoms with van der Waals surface area (Å²) >= 11 is 5.90. The number of hydrogen-bond acceptors (Lipinski definition) is 4. The van der Waals surface area contributed by atoms with Gasteiger partial charge in [0.25, 0.3) is 0 Å². The molecule has 2 N–H and O–H groups in total. The molecule has 110 valence electrons. The number of aromatic carboxylic acids is 1. The third kappa shape index (κ3) is 3.41. The Hall–Kier alpha value is -1.31. The van der Waals surface area contributed by atoms with E-state index >= 15 is 0 Å². The lowest BCUT2D eigenvalue weighted by atomic mass is 10.2. The number of rotatable bonds is 4. The number of benzene rings is 1. The highest BCUT2D eigenvalue weighted by molar-refractivity contribution is 7.93. The van der Waals surface area contributed by atoms with E-state index in [1.54, 1.807) is 0 Å². The number of carbonyl (C=O) groups is 1. The van der Waals surface area contributed by atoms with Gasteiger partial charge in [-0.3, -0.25) is 4.72 Å². The maximum absolute atomic E-state index is 12.2. The molecule has 1 aliphatic heterocycles. The first-order valence-electron chi connectivity index (χ1n) is 6.02. The first kappa shape index (κ1) is 15.1. The van der Waals surface area contributed by atoms with Gasteiger partial charge in [0.15, 0.2) is 0 Å². The molecule has 20 heavy (non-hydrogen) atoms. The minimum absolute atomic E-state index is 0.0286. The molecule has 0 aromatic heterocycles. The highest BCUT2D eigenvalue weighted by Crippen LogP contribution is 2.26. The zero-order valence-electron chi connectivity index (χ0n) is 10.5. The zero-order valence-corrected chi connectivity index (χ0v) is 12.1. The van der Waals surface area contributed by atoms with Gasteiger partial charge >= 0.3 is 5.97 Å². The van der Waals surface area contributed by atoms with Crippen molar-refractivity contribution in [1.82, 2.24) is 0 Å². The van der Waals surface area contributed by atoms with Crippen LogP contribution in [0.15, 0.2) is 18.2 Å². The summed E-state index contributed by atoms with van der Waals surface area (Å²) < 4.78 is 31.9. The van der Waals surface area contributed by atoms with Gasteiger partial charge in [-0.15, -0.1) is 0 Å². The molecule has 1 heterocycles. The molecule has 1 saturated heterocycles. The minimum atomic E-state index is -3.61. The fraction of sp³-hybridized carbons (Fsp3) is 0.417. The van der Waals surface area contributed by atoms with Crippen molar-refractivity contribution in [3.8, 4) is 0 Å². The Labute approximate surface area is 121 Å². The molecule has 0 aliphatic carbocycles. The van der Waals surface area contributed by atoms with Crippen molar-refractivity contribution in [2.24, 2.45) is 0 Å². The van der Waals surface area contributed by atoms with Crippen LogP contribution >= 0.6 is 11.6 Å². The van der Waals surface area contributed by atoms with E-state index in [1.807, 2.05) is 0 Å². The quantitative estimate of drug-likeness (QED) is 0.885. The summed E-state index contributed by atoms with van der Waals surface area (Å²) in [6, 6.07) is 3.88. The van der Waals surface area contributed by atoms with E-state index in [-0.39, 0.29) is 16.3 Å². The number of ether oxygens (including phenoxy) is 1. The lowest BCUT2D eigenvalue weighted by molar-refractivity contribution is 0.0697. The second kappa shape index (κ2) is 5.99. The third-order valence-electron chi connectivity index (χ3n) is 3.07. The van der Waals surface area contributed by atoms with E-state index in [2.05, 4.69) is 4.72 Å². The van der Waals surface area contributed by atoms with Crippen LogP contribution in [0.5, 0.6) is 0 Å². The summed E-state index contributed by atoms with van der Waals surface area (Å²) in [5.41, 5.74) is 0.0529. The second-order valence-corrected chi connectivity index (χ2v) is 6.83. The number of carboxylic acid groups (broad SMARTS) is 1. The van der Waals surface area contributed by atoms with Gasteiger partial charge in [0.05, 0.1) is 21.5 Å². The van der Waals surface area contributed by atoms with Crippen LogP contribution in [0.1, 0.15) is 23.2 Å². The van der Waals surface area contributed by atoms with Crippen molar-refractivity contribution in [3.05, 3.63) is 28.8 Å². The largest absolute Gasteiger partial charge is 0.478 e. The number of halogens is 1. The van der Waals surface area contributed by atoms with Crippen LogP contribution in [-0.4, -0.2) is 38.0 Å². The predicted molar refractivity (Wildman–Crippen MR) is 74.8 cm³/mol. The van der Waals surface area contributed by atoms with Crippen LogP contribution in [-0.2, 0) is 14.8 Å². The Bertz CT molecular complexity index is 610. The molecule has 0 bridgehead atoms. The molecule has 0 radical (unpaired) electrons. The van der Waals surface area contributed by atoms with E-state index in [1.165, 1.54) is 18.2 Å². The van der Waals surface area contributed by atoms with Crippen LogP contribution in [0.4, 0.5) is 5.69 Å². The van der Waals surface area contributed by atoms with Crippen molar-refractivity contribution in [1.29, 1.82) is 0 Å². The van der Waals surface area contributed by atoms with Crippen LogP contribution in [0, 0.1) is 0 Å². The monoisotopic (exact) mass is 319 g/mol. The highest BCUT2D eigenvalue weighted by Gasteiger charge is 2.28. The molecule has 2 rings (SSSR count). The van der Waals surface area contributed by atoms with Gasteiger partial charge in [-0.25, -0.2) is 13.2 Å². The second-order valence-electron chi connectivity index (χ2n) is 4.46. The average molecular weight is 320 g/mol. The van der Waals surface area contributed by atoms with Gasteiger partial charge in [0.2, 0.25) is 10.0 Å². The summed E-state index contributed by atoms with van der Waals surface area (Å²) in [6.45, 7) is 0.795. The van der Waals surface area contributed by atoms with Crippen molar-refractivity contribution in [3.63, 3.8) is 0 Å². The number of nitrogens with one attached hydrogen (secondary N) is 1. The topological polar surface area (TPSA) is 92.7 Å². The fourth-order valence-corrected chi connectivity index (χ4v) is 3.64. The van der Waals surface area contributed by atoms with Gasteiger partial charge in [-0.05, 0) is 31.0 Å². The molecule has 8 heteroatoms. The Balaban J connectivity index is 2.24. The van der Waals surface area contributed by atoms with E-state index in [9.17, 15) is 13.2 Å². The molecule has 1 aromatic rings. The standard InChI is InChI=1S/C12H14ClNO5S/c13-10-2-1-8(12(15)16)7-11(10)14-20(17,18)9-3-5-19-6-4-9/h1-2,7,9,14H,3-6H2,(H,15,16). The highest BCUT2D eigenvalue weighted by atomic mass is 35.5. The van der Waals surface area contributed by atoms with Crippen LogP contribution in [0.25, 0.3) is 0 Å². The van der Waals surface area contributed by atoms with Crippen LogP contribution in [0.3, 0.4) is 0 Å². The maximum Gasteiger partial charge on any atom is 0.335 e. The van der Waals surface area contributed by atoms with Crippen molar-refractivity contribution in [2.45, 2.75) is 18.1 Å². The zero-order chi connectivity index (χ0) is 14.8. The number of sulfonamides is 1. The molecule has 1 aliphatic rings. The lowest BCUT2D eigenvalue weighted by Gasteiger charge is -2.23. The van der Waals surface area contributed by atoms with Gasteiger partial charge in [0.1, 0.15) is 0 Å². The number of hydrogen-bond donors (Lipinski definition) is 2. The molecule has 1 fully saturated rings. The molecule has 0 atom stereocenters. The fourth-order valence-electron chi connectivity index (χ4n) is 1.96. The molecule has 6 nitrogen and oxygen atoms in total. The Morgan fingerprint density at radius 3 is 2.60 bits per heavy atom. The average Bonchev–Trinajstić information content (AvgIpc) is 2.42. The van der Waals surface area contributed by atoms with E-state index in [4.69, 9.17) is 21.4 Å². The first-order valence-corrected chi connectivity index (χ1v) is 7.95. The SMILES string of the molecule is O=C(O)c1ccc(Cl)c(NS(=O)(=O)C2CCOCC2)c1. The van der Waals surface area contributed by atoms with Crippen LogP contribution in [0.2, 0.25) is 5.02 Å². The summed E-state index contributed by atoms with van der Waals surface area (Å²) in [4.78, 5) is 10.9. The molecule has 0 amide bonds. The lowest BCUT2D eigenvalue weighted by Crippen LogP contribution is -2.33. The van der Waals surface area contributed by atoms with Crippen molar-refractivity contribution < 1.29 is 23.1 Å². The molecule has 0 spiro atoms. The third-order valence-corrected chi connectivity index (χ3v) is 5.26. The molecular formula is C12H14ClNO5S. The van der Waals surface area contributed by atoms with E-state index in [0.717, 1.165) is 0 Å². The van der Waals surface area contributed by atoms with Crippen LogP contribution < -0.4 is 4.72 Å². The minimum Gasteiger partial charge on any atom is -0.478 e. The van der Waals surface area contributed by atoms with Gasteiger partial charge in [-0.2, -0.15) is 0 Å². The van der Waals surface area contributed by atoms with Crippen molar-refractivity contribution in [2.75, 3.05) is 17.9 Å². The Morgan fingerprint density at radius 1 is 1.35 bits per heavy atom. The summed E-state index contributed by atoms with van der Waals surface area (Å²) in [5, 5.41) is 8.51. The van der Waals surface area contributed by atoms with Gasteiger partial charge in [-0.1, -0.05) is 11.6 Å². The predicted octanol–water partition coefficient (Wildman–Crippen LogP) is 1.96. The van der Waals surface area contributed by atoms with Crippen molar-refractivity contribution >= 4 is 33.3 Å². The first-order chi connectivity index (χ1) is 9.40. The maximum atomic E-state index is 12.2. The summed E-state index contributed by atoms with van der Waals surface area (Å²) in [7, 11) is -3.61. The molecule has 1 aromatic carbocycles. The smallest absolute Gasteiger partial charge is 0.335 e. The summed E-state index contributed by atoms with van der Waals surface area (Å²) in [6.07, 6.45) is 0.817. The normalized spacial score (nSPS) is 16.9. The molecule has 0 saturated carbocycles. The number of anilines is 1. The Morgan fingerprint density at radius 2 is 2.00 bits per heavy atom. The van der Waals surface area contributed by atoms with Gasteiger partial charge in [0, 0.05) is 13.2 Å². The summed E-state index contributed by atoms with van der Waals surface area (Å²) in [5.74, 6) is -1.15. The van der Waals surface area contributed by atoms with E-state index in [0.29, 0.717) is 26.1 Å². The van der Waals surface area contributed by atoms with E-state index < -0.39 is 21.2 Å². The van der Waals surface area contributed by atoms with Gasteiger partial charge < -0.3 is 9.84 Å². The molecule has 0 unspecified atom stereocenters. The Kier molecular flexibility index (Phi) is 4.52.